The van der Waals surface area contributed by atoms with Gasteiger partial charge in [0.25, 0.3) is 0 Å². The molecule has 2 aliphatic carbocycles. The summed E-state index contributed by atoms with van der Waals surface area (Å²) >= 11 is 0. The van der Waals surface area contributed by atoms with Crippen molar-refractivity contribution in [3.05, 3.63) is 95.1 Å². The van der Waals surface area contributed by atoms with Crippen LogP contribution in [-0.4, -0.2) is 31.4 Å². The molecule has 0 spiro atoms. The van der Waals surface area contributed by atoms with Crippen LogP contribution in [0.5, 0.6) is 0 Å². The summed E-state index contributed by atoms with van der Waals surface area (Å²) in [5.41, 5.74) is 11.3. The molecule has 2 aromatic carbocycles. The normalized spacial score (nSPS) is 18.0. The lowest BCUT2D eigenvalue weighted by atomic mass is 9.90. The van der Waals surface area contributed by atoms with Gasteiger partial charge in [0.1, 0.15) is 0 Å². The second kappa shape index (κ2) is 12.0. The van der Waals surface area contributed by atoms with E-state index < -0.39 is 9.84 Å². The number of hydrazone groups is 2. The molecule has 0 unspecified atom stereocenters. The Morgan fingerprint density at radius 1 is 0.585 bits per heavy atom. The van der Waals surface area contributed by atoms with E-state index in [9.17, 15) is 18.0 Å². The number of carbonyl (C=O) groups is 2. The lowest BCUT2D eigenvalue weighted by Gasteiger charge is -2.15. The topological polar surface area (TPSA) is 117 Å². The summed E-state index contributed by atoms with van der Waals surface area (Å²) in [6.07, 6.45) is 6.72. The first-order valence-electron chi connectivity index (χ1n) is 13.4. The van der Waals surface area contributed by atoms with Crippen LogP contribution in [0.4, 0.5) is 11.4 Å². The molecular formula is C32H34N4O4S. The number of benzene rings is 2. The monoisotopic (exact) mass is 570 g/mol. The van der Waals surface area contributed by atoms with Crippen LogP contribution in [-0.2, 0) is 19.4 Å². The number of nitrogens with one attached hydrogen (secondary N) is 2. The molecule has 0 amide bonds. The number of hydrogen-bond donors (Lipinski definition) is 2. The Morgan fingerprint density at radius 2 is 0.927 bits per heavy atom. The largest absolute Gasteiger partial charge is 0.290 e. The van der Waals surface area contributed by atoms with Gasteiger partial charge in [-0.05, 0) is 110 Å². The van der Waals surface area contributed by atoms with Crippen LogP contribution in [0.1, 0.15) is 41.5 Å². The van der Waals surface area contributed by atoms with Crippen LogP contribution < -0.4 is 10.9 Å². The van der Waals surface area contributed by atoms with E-state index in [4.69, 9.17) is 0 Å². The SMILES string of the molecule is CC1=CC(=O)C(C(C)C)=C/C1=N/Nc1ccc(S(=O)(=O)c2ccc(N/N=C3\C=C(C(C)C)C(=O)C=C3C)cc2)cc1. The van der Waals surface area contributed by atoms with Gasteiger partial charge >= 0.3 is 0 Å². The average molecular weight is 571 g/mol. The average Bonchev–Trinajstić information content (AvgIpc) is 2.92. The van der Waals surface area contributed by atoms with E-state index in [-0.39, 0.29) is 33.2 Å². The molecule has 2 aromatic rings. The Morgan fingerprint density at radius 3 is 1.24 bits per heavy atom. The Labute approximate surface area is 241 Å². The predicted molar refractivity (Wildman–Crippen MR) is 164 cm³/mol. The number of allylic oxidation sites excluding steroid dienone is 8. The molecule has 0 radical (unpaired) electrons. The minimum Gasteiger partial charge on any atom is -0.290 e. The highest BCUT2D eigenvalue weighted by atomic mass is 32.2. The van der Waals surface area contributed by atoms with Gasteiger partial charge in [0.15, 0.2) is 11.6 Å². The number of ketones is 2. The maximum absolute atomic E-state index is 13.2. The number of carbonyl (C=O) groups excluding carboxylic acids is 2. The van der Waals surface area contributed by atoms with E-state index in [1.54, 1.807) is 48.6 Å². The maximum Gasteiger partial charge on any atom is 0.206 e. The standard InChI is InChI=1S/C32H34N4O4S/c1-19(2)27-17-29(21(5)15-31(27)37)35-33-23-7-11-25(12-8-23)41(39,40)26-13-9-24(10-14-26)34-36-30-18-28(20(3)4)32(38)16-22(30)6/h7-20,33-34H,1-6H3/b35-29-,36-30+. The molecule has 0 bridgehead atoms. The molecule has 0 aromatic heterocycles. The molecule has 0 heterocycles. The summed E-state index contributed by atoms with van der Waals surface area (Å²) in [6, 6.07) is 12.7. The van der Waals surface area contributed by atoms with E-state index in [0.29, 0.717) is 33.9 Å². The Balaban J connectivity index is 1.46. The van der Waals surface area contributed by atoms with E-state index in [2.05, 4.69) is 21.1 Å². The Hall–Kier alpha value is -4.37. The highest BCUT2D eigenvalue weighted by Crippen LogP contribution is 2.25. The van der Waals surface area contributed by atoms with Crippen LogP contribution in [0.2, 0.25) is 0 Å². The predicted octanol–water partition coefficient (Wildman–Crippen LogP) is 6.28. The van der Waals surface area contributed by atoms with Gasteiger partial charge in [0, 0.05) is 11.1 Å². The maximum atomic E-state index is 13.2. The van der Waals surface area contributed by atoms with Crippen LogP contribution in [0.15, 0.2) is 115 Å². The zero-order valence-electron chi connectivity index (χ0n) is 24.0. The third-order valence-corrected chi connectivity index (χ3v) is 8.63. The minimum absolute atomic E-state index is 0.00495. The summed E-state index contributed by atoms with van der Waals surface area (Å²) in [6.45, 7) is 11.5. The Kier molecular flexibility index (Phi) is 8.68. The van der Waals surface area contributed by atoms with Crippen molar-refractivity contribution in [1.82, 2.24) is 0 Å². The van der Waals surface area contributed by atoms with Crippen molar-refractivity contribution in [2.75, 3.05) is 10.9 Å². The molecule has 2 N–H and O–H groups in total. The first-order valence-corrected chi connectivity index (χ1v) is 14.9. The number of nitrogens with zero attached hydrogens (tertiary/aromatic N) is 2. The van der Waals surface area contributed by atoms with Gasteiger partial charge in [-0.3, -0.25) is 20.4 Å². The lowest BCUT2D eigenvalue weighted by Crippen LogP contribution is -2.16. The van der Waals surface area contributed by atoms with Gasteiger partial charge < -0.3 is 0 Å². The van der Waals surface area contributed by atoms with E-state index >= 15 is 0 Å². The zero-order chi connectivity index (χ0) is 29.9. The molecule has 0 aliphatic heterocycles. The van der Waals surface area contributed by atoms with Crippen molar-refractivity contribution in [2.45, 2.75) is 51.3 Å². The van der Waals surface area contributed by atoms with E-state index in [1.807, 2.05) is 41.5 Å². The quantitative estimate of drug-likeness (QED) is 0.285. The number of sulfone groups is 1. The first-order chi connectivity index (χ1) is 19.4. The molecule has 41 heavy (non-hydrogen) atoms. The van der Waals surface area contributed by atoms with Crippen molar-refractivity contribution in [2.24, 2.45) is 22.0 Å². The van der Waals surface area contributed by atoms with Crippen molar-refractivity contribution < 1.29 is 18.0 Å². The third kappa shape index (κ3) is 6.69. The molecule has 0 saturated heterocycles. The van der Waals surface area contributed by atoms with Gasteiger partial charge in [-0.25, -0.2) is 8.42 Å². The highest BCUT2D eigenvalue weighted by Gasteiger charge is 2.21. The van der Waals surface area contributed by atoms with Crippen molar-refractivity contribution in [1.29, 1.82) is 0 Å². The second-order valence-corrected chi connectivity index (χ2v) is 12.6. The van der Waals surface area contributed by atoms with E-state index in [1.165, 1.54) is 24.3 Å². The fourth-order valence-corrected chi connectivity index (χ4v) is 5.58. The summed E-state index contributed by atoms with van der Waals surface area (Å²) in [5.74, 6) is 0.157. The molecule has 8 nitrogen and oxygen atoms in total. The van der Waals surface area contributed by atoms with Crippen molar-refractivity contribution in [3.8, 4) is 0 Å². The molecular weight excluding hydrogens is 536 g/mol. The highest BCUT2D eigenvalue weighted by molar-refractivity contribution is 7.91. The summed E-state index contributed by atoms with van der Waals surface area (Å²) in [7, 11) is -3.75. The van der Waals surface area contributed by atoms with Crippen LogP contribution in [0.25, 0.3) is 0 Å². The molecule has 212 valence electrons. The minimum atomic E-state index is -3.75. The third-order valence-electron chi connectivity index (χ3n) is 6.84. The van der Waals surface area contributed by atoms with E-state index in [0.717, 1.165) is 11.1 Å². The fourth-order valence-electron chi connectivity index (χ4n) is 4.32. The van der Waals surface area contributed by atoms with Crippen LogP contribution in [0, 0.1) is 11.8 Å². The number of rotatable bonds is 8. The first kappa shape index (κ1) is 29.6. The molecule has 0 atom stereocenters. The summed E-state index contributed by atoms with van der Waals surface area (Å²) in [4.78, 5) is 24.7. The Bertz CT molecular complexity index is 1550. The van der Waals surface area contributed by atoms with Gasteiger partial charge in [-0.1, -0.05) is 27.7 Å². The second-order valence-electron chi connectivity index (χ2n) is 10.7. The zero-order valence-corrected chi connectivity index (χ0v) is 24.8. The van der Waals surface area contributed by atoms with Crippen molar-refractivity contribution >= 4 is 44.2 Å². The molecule has 2 aliphatic rings. The van der Waals surface area contributed by atoms with Crippen LogP contribution >= 0.6 is 0 Å². The molecule has 4 rings (SSSR count). The van der Waals surface area contributed by atoms with Gasteiger partial charge in [0.2, 0.25) is 9.84 Å². The summed E-state index contributed by atoms with van der Waals surface area (Å²) < 4.78 is 26.4. The molecule has 0 fully saturated rings. The van der Waals surface area contributed by atoms with Crippen molar-refractivity contribution in [3.63, 3.8) is 0 Å². The lowest BCUT2D eigenvalue weighted by molar-refractivity contribution is -0.112. The smallest absolute Gasteiger partial charge is 0.206 e. The van der Waals surface area contributed by atoms with Crippen LogP contribution in [0.3, 0.4) is 0 Å². The summed E-state index contributed by atoms with van der Waals surface area (Å²) in [5, 5.41) is 8.82. The van der Waals surface area contributed by atoms with Gasteiger partial charge in [-0.2, -0.15) is 10.2 Å². The van der Waals surface area contributed by atoms with Gasteiger partial charge in [0.05, 0.1) is 32.6 Å². The number of hydrogen-bond acceptors (Lipinski definition) is 8. The fraction of sp³-hybridized carbons (Fsp3) is 0.250. The number of anilines is 2. The molecule has 9 heteroatoms. The van der Waals surface area contributed by atoms with Gasteiger partial charge in [-0.15, -0.1) is 0 Å². The molecule has 0 saturated carbocycles.